The second-order valence-electron chi connectivity index (χ2n) is 5.46. The van der Waals surface area contributed by atoms with Gasteiger partial charge >= 0.3 is 12.0 Å². The lowest BCUT2D eigenvalue weighted by molar-refractivity contribution is -0.137. The third-order valence-corrected chi connectivity index (χ3v) is 3.70. The summed E-state index contributed by atoms with van der Waals surface area (Å²) in [5, 5.41) is 14.2. The summed E-state index contributed by atoms with van der Waals surface area (Å²) in [5.41, 5.74) is 0. The molecule has 0 bridgehead atoms. The number of nitrogens with one attached hydrogen (secondary N) is 2. The predicted octanol–water partition coefficient (Wildman–Crippen LogP) is 1.83. The molecule has 1 aliphatic carbocycles. The van der Waals surface area contributed by atoms with E-state index < -0.39 is 5.97 Å². The minimum atomic E-state index is -0.829. The Labute approximate surface area is 108 Å². The van der Waals surface area contributed by atoms with Crippen molar-refractivity contribution in [3.8, 4) is 0 Å². The average Bonchev–Trinajstić information content (AvgIpc) is 2.68. The molecule has 1 rings (SSSR count). The second-order valence-corrected chi connectivity index (χ2v) is 5.46. The van der Waals surface area contributed by atoms with Crippen LogP contribution in [0.25, 0.3) is 0 Å². The predicted molar refractivity (Wildman–Crippen MR) is 69.3 cm³/mol. The van der Waals surface area contributed by atoms with Gasteiger partial charge < -0.3 is 15.7 Å². The standard InChI is InChI=1S/C13H24N2O3/c1-9(6-12(16)17)7-14-13(18)15-8-11-5-3-4-10(11)2/h9-11H,3-8H2,1-2H3,(H,16,17)(H2,14,15,18). The maximum absolute atomic E-state index is 11.5. The molecule has 3 atom stereocenters. The summed E-state index contributed by atoms with van der Waals surface area (Å²) in [5.74, 6) is 0.409. The van der Waals surface area contributed by atoms with E-state index in [0.717, 1.165) is 6.54 Å². The first-order valence-electron chi connectivity index (χ1n) is 6.72. The van der Waals surface area contributed by atoms with Crippen molar-refractivity contribution in [1.29, 1.82) is 0 Å². The van der Waals surface area contributed by atoms with Crippen LogP contribution in [0.3, 0.4) is 0 Å². The zero-order chi connectivity index (χ0) is 13.5. The normalized spacial score (nSPS) is 24.6. The van der Waals surface area contributed by atoms with Crippen molar-refractivity contribution in [1.82, 2.24) is 10.6 Å². The topological polar surface area (TPSA) is 78.4 Å². The van der Waals surface area contributed by atoms with Crippen molar-refractivity contribution in [2.75, 3.05) is 13.1 Å². The van der Waals surface area contributed by atoms with Crippen molar-refractivity contribution in [2.24, 2.45) is 17.8 Å². The van der Waals surface area contributed by atoms with Gasteiger partial charge in [0.25, 0.3) is 0 Å². The van der Waals surface area contributed by atoms with Gasteiger partial charge in [-0.05, 0) is 24.2 Å². The van der Waals surface area contributed by atoms with Crippen LogP contribution in [0.5, 0.6) is 0 Å². The lowest BCUT2D eigenvalue weighted by Crippen LogP contribution is -2.40. The fraction of sp³-hybridized carbons (Fsp3) is 0.846. The van der Waals surface area contributed by atoms with Crippen LogP contribution >= 0.6 is 0 Å². The molecule has 3 unspecified atom stereocenters. The van der Waals surface area contributed by atoms with Gasteiger partial charge in [-0.15, -0.1) is 0 Å². The first-order chi connectivity index (χ1) is 8.49. The molecule has 5 nitrogen and oxygen atoms in total. The van der Waals surface area contributed by atoms with Gasteiger partial charge in [0.15, 0.2) is 0 Å². The molecule has 0 aliphatic heterocycles. The van der Waals surface area contributed by atoms with E-state index in [9.17, 15) is 9.59 Å². The van der Waals surface area contributed by atoms with Crippen LogP contribution < -0.4 is 10.6 Å². The smallest absolute Gasteiger partial charge is 0.314 e. The quantitative estimate of drug-likeness (QED) is 0.678. The second kappa shape index (κ2) is 7.24. The number of aliphatic carboxylic acids is 1. The summed E-state index contributed by atoms with van der Waals surface area (Å²) in [6.45, 7) is 5.16. The van der Waals surface area contributed by atoms with E-state index >= 15 is 0 Å². The van der Waals surface area contributed by atoms with Crippen LogP contribution in [0.4, 0.5) is 4.79 Å². The van der Waals surface area contributed by atoms with Gasteiger partial charge in [0.2, 0.25) is 0 Å². The minimum absolute atomic E-state index is 0.0429. The van der Waals surface area contributed by atoms with Crippen molar-refractivity contribution >= 4 is 12.0 Å². The molecule has 1 saturated carbocycles. The van der Waals surface area contributed by atoms with E-state index in [1.165, 1.54) is 19.3 Å². The van der Waals surface area contributed by atoms with Crippen LogP contribution in [0.1, 0.15) is 39.5 Å². The molecule has 0 aromatic heterocycles. The number of carboxylic acid groups (broad SMARTS) is 1. The third-order valence-electron chi connectivity index (χ3n) is 3.70. The Morgan fingerprint density at radius 1 is 1.33 bits per heavy atom. The Morgan fingerprint density at radius 2 is 2.06 bits per heavy atom. The Hall–Kier alpha value is -1.26. The van der Waals surface area contributed by atoms with Gasteiger partial charge in [-0.1, -0.05) is 26.7 Å². The van der Waals surface area contributed by atoms with E-state index in [-0.39, 0.29) is 18.4 Å². The number of hydrogen-bond donors (Lipinski definition) is 3. The molecule has 0 spiro atoms. The molecule has 0 aromatic carbocycles. The molecule has 1 fully saturated rings. The summed E-state index contributed by atoms with van der Waals surface area (Å²) in [7, 11) is 0. The largest absolute Gasteiger partial charge is 0.481 e. The Kier molecular flexibility index (Phi) is 5.95. The van der Waals surface area contributed by atoms with Crippen LogP contribution in [0.2, 0.25) is 0 Å². The molecule has 2 amide bonds. The van der Waals surface area contributed by atoms with E-state index in [0.29, 0.717) is 18.4 Å². The van der Waals surface area contributed by atoms with Crippen molar-refractivity contribution in [3.63, 3.8) is 0 Å². The monoisotopic (exact) mass is 256 g/mol. The molecule has 0 heterocycles. The fourth-order valence-electron chi connectivity index (χ4n) is 2.45. The number of rotatable bonds is 6. The first kappa shape index (κ1) is 14.8. The number of carbonyl (C=O) groups excluding carboxylic acids is 1. The lowest BCUT2D eigenvalue weighted by Gasteiger charge is -2.17. The summed E-state index contributed by atoms with van der Waals surface area (Å²) in [6, 6.07) is -0.189. The Bertz CT molecular complexity index is 294. The summed E-state index contributed by atoms with van der Waals surface area (Å²) in [4.78, 5) is 22.0. The molecular formula is C13H24N2O3. The maximum atomic E-state index is 11.5. The lowest BCUT2D eigenvalue weighted by atomic mass is 9.98. The number of carbonyl (C=O) groups is 2. The summed E-state index contributed by atoms with van der Waals surface area (Å²) >= 11 is 0. The highest BCUT2D eigenvalue weighted by molar-refractivity contribution is 5.74. The molecule has 104 valence electrons. The van der Waals surface area contributed by atoms with Crippen LogP contribution in [-0.2, 0) is 4.79 Å². The van der Waals surface area contributed by atoms with Crippen molar-refractivity contribution < 1.29 is 14.7 Å². The number of carboxylic acids is 1. The zero-order valence-corrected chi connectivity index (χ0v) is 11.2. The molecule has 1 aliphatic rings. The van der Waals surface area contributed by atoms with Crippen LogP contribution in [0, 0.1) is 17.8 Å². The first-order valence-corrected chi connectivity index (χ1v) is 6.72. The fourth-order valence-corrected chi connectivity index (χ4v) is 2.45. The van der Waals surface area contributed by atoms with Crippen molar-refractivity contribution in [3.05, 3.63) is 0 Å². The molecule has 18 heavy (non-hydrogen) atoms. The van der Waals surface area contributed by atoms with E-state index in [1.807, 2.05) is 6.92 Å². The summed E-state index contributed by atoms with van der Waals surface area (Å²) < 4.78 is 0. The van der Waals surface area contributed by atoms with Gasteiger partial charge in [-0.3, -0.25) is 4.79 Å². The van der Waals surface area contributed by atoms with Gasteiger partial charge in [0.1, 0.15) is 0 Å². The summed E-state index contributed by atoms with van der Waals surface area (Å²) in [6.07, 6.45) is 3.78. The average molecular weight is 256 g/mol. The van der Waals surface area contributed by atoms with Crippen molar-refractivity contribution in [2.45, 2.75) is 39.5 Å². The zero-order valence-electron chi connectivity index (χ0n) is 11.2. The molecule has 3 N–H and O–H groups in total. The molecular weight excluding hydrogens is 232 g/mol. The van der Waals surface area contributed by atoms with E-state index in [4.69, 9.17) is 5.11 Å². The Balaban J connectivity index is 2.12. The van der Waals surface area contributed by atoms with E-state index in [1.54, 1.807) is 0 Å². The number of urea groups is 1. The van der Waals surface area contributed by atoms with Gasteiger partial charge in [0.05, 0.1) is 0 Å². The Morgan fingerprint density at radius 3 is 2.61 bits per heavy atom. The molecule has 0 aromatic rings. The molecule has 0 radical (unpaired) electrons. The SMILES string of the molecule is CC(CNC(=O)NCC1CCCC1C)CC(=O)O. The maximum Gasteiger partial charge on any atom is 0.314 e. The minimum Gasteiger partial charge on any atom is -0.481 e. The number of amides is 2. The highest BCUT2D eigenvalue weighted by Crippen LogP contribution is 2.30. The number of hydrogen-bond acceptors (Lipinski definition) is 2. The van der Waals surface area contributed by atoms with Gasteiger partial charge in [-0.25, -0.2) is 4.79 Å². The van der Waals surface area contributed by atoms with Crippen LogP contribution in [-0.4, -0.2) is 30.2 Å². The highest BCUT2D eigenvalue weighted by atomic mass is 16.4. The van der Waals surface area contributed by atoms with Crippen LogP contribution in [0.15, 0.2) is 0 Å². The third kappa shape index (κ3) is 5.38. The van der Waals surface area contributed by atoms with Gasteiger partial charge in [0, 0.05) is 19.5 Å². The molecule has 0 saturated heterocycles. The van der Waals surface area contributed by atoms with E-state index in [2.05, 4.69) is 17.6 Å². The molecule has 5 heteroatoms. The van der Waals surface area contributed by atoms with Gasteiger partial charge in [-0.2, -0.15) is 0 Å². The highest BCUT2D eigenvalue weighted by Gasteiger charge is 2.23.